The molecule has 0 atom stereocenters. The fourth-order valence-corrected chi connectivity index (χ4v) is 3.49. The molecule has 0 radical (unpaired) electrons. The van der Waals surface area contributed by atoms with Crippen LogP contribution in [0.5, 0.6) is 0 Å². The second kappa shape index (κ2) is 8.82. The summed E-state index contributed by atoms with van der Waals surface area (Å²) in [5.41, 5.74) is 4.06. The van der Waals surface area contributed by atoms with E-state index < -0.39 is 5.97 Å². The summed E-state index contributed by atoms with van der Waals surface area (Å²) in [5.74, 6) is 0.0905. The number of carbonyl (C=O) groups excluding carboxylic acids is 2. The van der Waals surface area contributed by atoms with Crippen LogP contribution in [0.15, 0.2) is 52.9 Å². The van der Waals surface area contributed by atoms with Crippen LogP contribution in [-0.2, 0) is 29.0 Å². The van der Waals surface area contributed by atoms with Gasteiger partial charge >= 0.3 is 5.97 Å². The first kappa shape index (κ1) is 19.1. The highest BCUT2D eigenvalue weighted by Crippen LogP contribution is 2.23. The number of nitrogens with zero attached hydrogens (tertiary/aromatic N) is 2. The van der Waals surface area contributed by atoms with Gasteiger partial charge in [0.2, 0.25) is 5.89 Å². The number of benzene rings is 2. The normalized spacial score (nSPS) is 13.0. The number of rotatable bonds is 7. The number of hydrogen-bond acceptors (Lipinski definition) is 6. The summed E-state index contributed by atoms with van der Waals surface area (Å²) >= 11 is 0. The van der Waals surface area contributed by atoms with E-state index in [-0.39, 0.29) is 31.1 Å². The van der Waals surface area contributed by atoms with Gasteiger partial charge in [0.25, 0.3) is 5.89 Å². The van der Waals surface area contributed by atoms with Gasteiger partial charge < -0.3 is 9.15 Å². The molecule has 0 saturated heterocycles. The van der Waals surface area contributed by atoms with Crippen molar-refractivity contribution in [1.82, 2.24) is 10.2 Å². The topological polar surface area (TPSA) is 82.3 Å². The lowest BCUT2D eigenvalue weighted by atomic mass is 9.89. The van der Waals surface area contributed by atoms with Crippen LogP contribution in [0.2, 0.25) is 0 Å². The highest BCUT2D eigenvalue weighted by atomic mass is 16.5. The Morgan fingerprint density at radius 2 is 1.72 bits per heavy atom. The Bertz CT molecular complexity index is 1010. The molecule has 0 bridgehead atoms. The maximum atomic E-state index is 12.4. The first-order valence-corrected chi connectivity index (χ1v) is 9.87. The van der Waals surface area contributed by atoms with Gasteiger partial charge in [-0.1, -0.05) is 30.3 Å². The van der Waals surface area contributed by atoms with Crippen molar-refractivity contribution < 1.29 is 18.7 Å². The third-order valence-corrected chi connectivity index (χ3v) is 5.07. The Labute approximate surface area is 168 Å². The molecule has 2 aromatic carbocycles. The van der Waals surface area contributed by atoms with Crippen molar-refractivity contribution in [3.63, 3.8) is 0 Å². The van der Waals surface area contributed by atoms with Crippen LogP contribution in [0.25, 0.3) is 11.5 Å². The number of aryl methyl sites for hydroxylation is 2. The molecule has 0 saturated carbocycles. The number of hydrogen-bond donors (Lipinski definition) is 0. The molecule has 0 fully saturated rings. The molecule has 3 aromatic rings. The summed E-state index contributed by atoms with van der Waals surface area (Å²) in [5, 5.41) is 7.84. The molecule has 1 aliphatic carbocycles. The minimum atomic E-state index is -0.462. The molecule has 1 heterocycles. The van der Waals surface area contributed by atoms with Crippen LogP contribution in [0.3, 0.4) is 0 Å². The third-order valence-electron chi connectivity index (χ3n) is 5.07. The molecular formula is C23H22N2O4. The Morgan fingerprint density at radius 3 is 2.55 bits per heavy atom. The van der Waals surface area contributed by atoms with Crippen molar-refractivity contribution in [2.24, 2.45) is 0 Å². The lowest BCUT2D eigenvalue weighted by Crippen LogP contribution is -2.10. The molecule has 6 nitrogen and oxygen atoms in total. The average Bonchev–Trinajstić information content (AvgIpc) is 3.25. The van der Waals surface area contributed by atoms with Gasteiger partial charge in [-0.2, -0.15) is 0 Å². The SMILES string of the molecule is O=C(CCC(=O)c1ccc2c(c1)CCCC2)OCc1nnc(-c2ccccc2)o1. The van der Waals surface area contributed by atoms with Crippen LogP contribution >= 0.6 is 0 Å². The van der Waals surface area contributed by atoms with E-state index >= 15 is 0 Å². The first-order valence-electron chi connectivity index (χ1n) is 9.87. The van der Waals surface area contributed by atoms with Gasteiger partial charge in [0, 0.05) is 17.5 Å². The minimum Gasteiger partial charge on any atom is -0.456 e. The lowest BCUT2D eigenvalue weighted by molar-refractivity contribution is -0.145. The summed E-state index contributed by atoms with van der Waals surface area (Å²) in [7, 11) is 0. The second-order valence-electron chi connectivity index (χ2n) is 7.14. The molecule has 4 rings (SSSR count). The van der Waals surface area contributed by atoms with Crippen molar-refractivity contribution in [2.45, 2.75) is 45.1 Å². The van der Waals surface area contributed by atoms with Crippen LogP contribution in [-0.4, -0.2) is 21.9 Å². The van der Waals surface area contributed by atoms with Gasteiger partial charge in [-0.25, -0.2) is 0 Å². The number of esters is 1. The maximum absolute atomic E-state index is 12.4. The minimum absolute atomic E-state index is 0.0234. The number of ketones is 1. The predicted octanol–water partition coefficient (Wildman–Crippen LogP) is 4.32. The van der Waals surface area contributed by atoms with Crippen LogP contribution in [0, 0.1) is 0 Å². The number of ether oxygens (including phenoxy) is 1. The summed E-state index contributed by atoms with van der Waals surface area (Å²) in [4.78, 5) is 24.4. The van der Waals surface area contributed by atoms with E-state index in [1.54, 1.807) is 0 Å². The zero-order valence-corrected chi connectivity index (χ0v) is 16.1. The Kier molecular flexibility index (Phi) is 5.79. The predicted molar refractivity (Wildman–Crippen MR) is 106 cm³/mol. The summed E-state index contributed by atoms with van der Waals surface area (Å²) in [6.45, 7) is -0.105. The maximum Gasteiger partial charge on any atom is 0.306 e. The van der Waals surface area contributed by atoms with Crippen molar-refractivity contribution >= 4 is 11.8 Å². The number of carbonyl (C=O) groups is 2. The number of fused-ring (bicyclic) bond motifs is 1. The largest absolute Gasteiger partial charge is 0.456 e. The summed E-state index contributed by atoms with van der Waals surface area (Å²) < 4.78 is 10.7. The van der Waals surface area contributed by atoms with Crippen LogP contribution in [0.1, 0.15) is 53.1 Å². The first-order chi connectivity index (χ1) is 14.2. The van der Waals surface area contributed by atoms with Crippen molar-refractivity contribution in [2.75, 3.05) is 0 Å². The summed E-state index contributed by atoms with van der Waals surface area (Å²) in [6, 6.07) is 15.2. The Morgan fingerprint density at radius 1 is 0.931 bits per heavy atom. The van der Waals surface area contributed by atoms with E-state index in [4.69, 9.17) is 9.15 Å². The molecule has 0 N–H and O–H groups in total. The number of Topliss-reactive ketones (excluding diaryl/α,β-unsaturated/α-hetero) is 1. The van der Waals surface area contributed by atoms with Gasteiger partial charge in [0.05, 0.1) is 6.42 Å². The molecular weight excluding hydrogens is 368 g/mol. The van der Waals surface area contributed by atoms with Crippen molar-refractivity contribution in [1.29, 1.82) is 0 Å². The zero-order chi connectivity index (χ0) is 20.1. The van der Waals surface area contributed by atoms with E-state index in [1.807, 2.05) is 48.5 Å². The van der Waals surface area contributed by atoms with Crippen molar-refractivity contribution in [3.8, 4) is 11.5 Å². The monoisotopic (exact) mass is 390 g/mol. The highest BCUT2D eigenvalue weighted by Gasteiger charge is 2.15. The lowest BCUT2D eigenvalue weighted by Gasteiger charge is -2.16. The van der Waals surface area contributed by atoms with Gasteiger partial charge in [-0.3, -0.25) is 9.59 Å². The van der Waals surface area contributed by atoms with Gasteiger partial charge in [0.1, 0.15) is 0 Å². The Hall–Kier alpha value is -3.28. The fraction of sp³-hybridized carbons (Fsp3) is 0.304. The van der Waals surface area contributed by atoms with Gasteiger partial charge in [-0.05, 0) is 55.0 Å². The smallest absolute Gasteiger partial charge is 0.306 e. The molecule has 0 amide bonds. The van der Waals surface area contributed by atoms with Gasteiger partial charge in [-0.15, -0.1) is 10.2 Å². The second-order valence-corrected chi connectivity index (χ2v) is 7.14. The molecule has 6 heteroatoms. The quantitative estimate of drug-likeness (QED) is 0.441. The highest BCUT2D eigenvalue weighted by molar-refractivity contribution is 5.97. The van der Waals surface area contributed by atoms with Crippen molar-refractivity contribution in [3.05, 3.63) is 71.1 Å². The fourth-order valence-electron chi connectivity index (χ4n) is 3.49. The van der Waals surface area contributed by atoms with E-state index in [2.05, 4.69) is 10.2 Å². The standard InChI is InChI=1S/C23H22N2O4/c26-20(19-11-10-16-6-4-5-9-18(16)14-19)12-13-22(27)28-15-21-24-25-23(29-21)17-7-2-1-3-8-17/h1-3,7-8,10-11,14H,4-6,9,12-13,15H2. The van der Waals surface area contributed by atoms with E-state index in [0.29, 0.717) is 11.5 Å². The molecule has 29 heavy (non-hydrogen) atoms. The third kappa shape index (κ3) is 4.77. The molecule has 1 aliphatic rings. The van der Waals surface area contributed by atoms with Crippen LogP contribution < -0.4 is 0 Å². The molecule has 148 valence electrons. The molecule has 0 unspecified atom stereocenters. The Balaban J connectivity index is 1.26. The molecule has 0 spiro atoms. The van der Waals surface area contributed by atoms with E-state index in [9.17, 15) is 9.59 Å². The average molecular weight is 390 g/mol. The molecule has 1 aromatic heterocycles. The van der Waals surface area contributed by atoms with Crippen LogP contribution in [0.4, 0.5) is 0 Å². The number of aromatic nitrogens is 2. The zero-order valence-electron chi connectivity index (χ0n) is 16.1. The van der Waals surface area contributed by atoms with E-state index in [0.717, 1.165) is 18.4 Å². The summed E-state index contributed by atoms with van der Waals surface area (Å²) in [6.07, 6.45) is 4.62. The van der Waals surface area contributed by atoms with Gasteiger partial charge in [0.15, 0.2) is 12.4 Å². The van der Waals surface area contributed by atoms with E-state index in [1.165, 1.54) is 24.0 Å². The molecule has 0 aliphatic heterocycles.